The summed E-state index contributed by atoms with van der Waals surface area (Å²) >= 11 is 0. The van der Waals surface area contributed by atoms with E-state index >= 15 is 0 Å². The Morgan fingerprint density at radius 1 is 0.943 bits per heavy atom. The van der Waals surface area contributed by atoms with E-state index in [1.165, 1.54) is 0 Å². The number of carbonyl (C=O) groups excluding carboxylic acids is 1. The average Bonchev–Trinajstić information content (AvgIpc) is 3.40. The van der Waals surface area contributed by atoms with E-state index in [9.17, 15) is 9.59 Å². The first-order valence-electron chi connectivity index (χ1n) is 11.9. The lowest BCUT2D eigenvalue weighted by atomic mass is 9.95. The summed E-state index contributed by atoms with van der Waals surface area (Å²) in [6, 6.07) is 24.8. The lowest BCUT2D eigenvalue weighted by Crippen LogP contribution is -2.32. The van der Waals surface area contributed by atoms with Crippen molar-refractivity contribution < 1.29 is 9.53 Å². The normalized spacial score (nSPS) is 13.5. The molecule has 1 saturated carbocycles. The summed E-state index contributed by atoms with van der Waals surface area (Å²) in [6.07, 6.45) is 4.40. The molecule has 1 amide bonds. The molecule has 1 aliphatic carbocycles. The van der Waals surface area contributed by atoms with E-state index in [0.717, 1.165) is 36.8 Å². The molecule has 1 aromatic heterocycles. The van der Waals surface area contributed by atoms with Crippen molar-refractivity contribution >= 4 is 5.91 Å². The Morgan fingerprint density at radius 2 is 1.63 bits per heavy atom. The third-order valence-corrected chi connectivity index (χ3v) is 6.46. The highest BCUT2D eigenvalue weighted by atomic mass is 16.5. The molecule has 0 atom stereocenters. The van der Waals surface area contributed by atoms with Crippen molar-refractivity contribution in [3.63, 3.8) is 0 Å². The second-order valence-corrected chi connectivity index (χ2v) is 8.84. The van der Waals surface area contributed by atoms with Gasteiger partial charge in [0.25, 0.3) is 11.5 Å². The van der Waals surface area contributed by atoms with Crippen LogP contribution in [0.15, 0.2) is 83.7 Å². The molecule has 35 heavy (non-hydrogen) atoms. The first-order valence-corrected chi connectivity index (χ1v) is 11.9. The van der Waals surface area contributed by atoms with Crippen molar-refractivity contribution in [3.8, 4) is 33.9 Å². The highest BCUT2D eigenvalue weighted by Crippen LogP contribution is 2.38. The molecule has 0 radical (unpaired) electrons. The maximum absolute atomic E-state index is 12.7. The molecule has 6 nitrogen and oxygen atoms in total. The van der Waals surface area contributed by atoms with Crippen LogP contribution < -0.4 is 15.6 Å². The van der Waals surface area contributed by atoms with Gasteiger partial charge in [-0.2, -0.15) is 5.10 Å². The molecular formula is C29H27N3O3. The topological polar surface area (TPSA) is 84.1 Å². The van der Waals surface area contributed by atoms with Crippen molar-refractivity contribution in [2.24, 2.45) is 0 Å². The van der Waals surface area contributed by atoms with Crippen LogP contribution >= 0.6 is 0 Å². The van der Waals surface area contributed by atoms with Crippen LogP contribution in [0, 0.1) is 6.92 Å². The van der Waals surface area contributed by atoms with Gasteiger partial charge in [-0.25, -0.2) is 5.10 Å². The summed E-state index contributed by atoms with van der Waals surface area (Å²) in [5.41, 5.74) is 3.78. The fourth-order valence-electron chi connectivity index (χ4n) is 4.58. The van der Waals surface area contributed by atoms with Crippen LogP contribution in [0.1, 0.15) is 41.6 Å². The number of para-hydroxylation sites is 2. The van der Waals surface area contributed by atoms with Crippen LogP contribution in [0.4, 0.5) is 0 Å². The van der Waals surface area contributed by atoms with Crippen LogP contribution in [0.25, 0.3) is 22.4 Å². The highest BCUT2D eigenvalue weighted by molar-refractivity contribution is 5.95. The molecule has 4 aromatic rings. The van der Waals surface area contributed by atoms with Gasteiger partial charge in [0, 0.05) is 28.3 Å². The maximum atomic E-state index is 12.7. The van der Waals surface area contributed by atoms with Gasteiger partial charge in [-0.15, -0.1) is 0 Å². The number of ether oxygens (including phenoxy) is 1. The smallest absolute Gasteiger partial charge is 0.267 e. The number of nitrogens with one attached hydrogen (secondary N) is 2. The Bertz CT molecular complexity index is 1390. The molecule has 176 valence electrons. The number of aromatic nitrogens is 2. The Kier molecular flexibility index (Phi) is 6.44. The molecule has 0 aliphatic heterocycles. The van der Waals surface area contributed by atoms with Crippen LogP contribution in [-0.4, -0.2) is 22.1 Å². The van der Waals surface area contributed by atoms with Crippen LogP contribution in [0.2, 0.25) is 0 Å². The molecule has 2 N–H and O–H groups in total. The summed E-state index contributed by atoms with van der Waals surface area (Å²) < 4.78 is 6.15. The van der Waals surface area contributed by atoms with E-state index in [1.54, 1.807) is 19.1 Å². The quantitative estimate of drug-likeness (QED) is 0.373. The molecule has 1 fully saturated rings. The molecule has 1 aliphatic rings. The van der Waals surface area contributed by atoms with Crippen molar-refractivity contribution in [1.29, 1.82) is 0 Å². The van der Waals surface area contributed by atoms with Crippen molar-refractivity contribution in [2.45, 2.75) is 38.6 Å². The predicted octanol–water partition coefficient (Wildman–Crippen LogP) is 5.88. The van der Waals surface area contributed by atoms with E-state index in [4.69, 9.17) is 4.74 Å². The van der Waals surface area contributed by atoms with Crippen LogP contribution in [-0.2, 0) is 0 Å². The Balaban J connectivity index is 1.52. The Morgan fingerprint density at radius 3 is 2.37 bits per heavy atom. The lowest BCUT2D eigenvalue weighted by Gasteiger charge is -2.16. The number of hydrogen-bond donors (Lipinski definition) is 2. The number of H-pyrrole nitrogens is 1. The number of rotatable bonds is 6. The summed E-state index contributed by atoms with van der Waals surface area (Å²) in [5, 5.41) is 10.1. The molecule has 5 rings (SSSR count). The van der Waals surface area contributed by atoms with Gasteiger partial charge < -0.3 is 10.1 Å². The highest BCUT2D eigenvalue weighted by Gasteiger charge is 2.20. The largest absolute Gasteiger partial charge is 0.457 e. The first kappa shape index (κ1) is 22.6. The van der Waals surface area contributed by atoms with E-state index in [0.29, 0.717) is 33.9 Å². The van der Waals surface area contributed by atoms with Crippen molar-refractivity contribution in [1.82, 2.24) is 15.5 Å². The van der Waals surface area contributed by atoms with Crippen LogP contribution in [0.5, 0.6) is 11.5 Å². The average molecular weight is 466 g/mol. The second kappa shape index (κ2) is 9.97. The summed E-state index contributed by atoms with van der Waals surface area (Å²) in [6.45, 7) is 1.78. The molecule has 1 heterocycles. The van der Waals surface area contributed by atoms with Crippen LogP contribution in [0.3, 0.4) is 0 Å². The minimum Gasteiger partial charge on any atom is -0.457 e. The number of aromatic amines is 1. The third kappa shape index (κ3) is 4.87. The SMILES string of the molecule is Cc1c(-c2ccc(C(=O)NC3CCCC3)cc2)c(-c2ccccc2Oc2ccccc2)n[nH]c1=O. The Hall–Kier alpha value is -4.19. The first-order chi connectivity index (χ1) is 17.1. The number of carbonyl (C=O) groups is 1. The van der Waals surface area contributed by atoms with Gasteiger partial charge in [-0.05, 0) is 61.7 Å². The standard InChI is InChI=1S/C29H27N3O3/c1-19-26(20-15-17-21(18-16-20)29(34)30-22-9-5-6-10-22)27(31-32-28(19)33)24-13-7-8-14-25(24)35-23-11-3-2-4-12-23/h2-4,7-8,11-18,22H,5-6,9-10H2,1H3,(H,30,34)(H,32,33). The van der Waals surface area contributed by atoms with Crippen molar-refractivity contribution in [3.05, 3.63) is 100 Å². The van der Waals surface area contributed by atoms with E-state index in [1.807, 2.05) is 66.7 Å². The second-order valence-electron chi connectivity index (χ2n) is 8.84. The molecule has 0 saturated heterocycles. The zero-order valence-corrected chi connectivity index (χ0v) is 19.6. The van der Waals surface area contributed by atoms with Gasteiger partial charge in [0.15, 0.2) is 0 Å². The fourth-order valence-corrected chi connectivity index (χ4v) is 4.58. The van der Waals surface area contributed by atoms with Crippen molar-refractivity contribution in [2.75, 3.05) is 0 Å². The fraction of sp³-hybridized carbons (Fsp3) is 0.207. The summed E-state index contributed by atoms with van der Waals surface area (Å²) in [4.78, 5) is 25.2. The van der Waals surface area contributed by atoms with E-state index in [2.05, 4.69) is 15.5 Å². The number of hydrogen-bond acceptors (Lipinski definition) is 4. The van der Waals surface area contributed by atoms with Gasteiger partial charge in [-0.1, -0.05) is 55.3 Å². The Labute approximate surface area is 204 Å². The minimum absolute atomic E-state index is 0.0639. The zero-order chi connectivity index (χ0) is 24.2. The monoisotopic (exact) mass is 465 g/mol. The molecule has 6 heteroatoms. The maximum Gasteiger partial charge on any atom is 0.267 e. The van der Waals surface area contributed by atoms with Gasteiger partial charge in [0.1, 0.15) is 17.2 Å². The van der Waals surface area contributed by atoms with Gasteiger partial charge in [-0.3, -0.25) is 9.59 Å². The molecule has 3 aromatic carbocycles. The number of amides is 1. The molecule has 0 bridgehead atoms. The van der Waals surface area contributed by atoms with Gasteiger partial charge >= 0.3 is 0 Å². The van der Waals surface area contributed by atoms with Gasteiger partial charge in [0.2, 0.25) is 0 Å². The summed E-state index contributed by atoms with van der Waals surface area (Å²) in [7, 11) is 0. The zero-order valence-electron chi connectivity index (χ0n) is 19.6. The summed E-state index contributed by atoms with van der Waals surface area (Å²) in [5.74, 6) is 1.28. The van der Waals surface area contributed by atoms with Gasteiger partial charge in [0.05, 0.1) is 0 Å². The third-order valence-electron chi connectivity index (χ3n) is 6.46. The van der Waals surface area contributed by atoms with E-state index in [-0.39, 0.29) is 17.5 Å². The molecule has 0 unspecified atom stereocenters. The lowest BCUT2D eigenvalue weighted by molar-refractivity contribution is 0.0938. The number of nitrogens with zero attached hydrogens (tertiary/aromatic N) is 1. The molecular weight excluding hydrogens is 438 g/mol. The minimum atomic E-state index is -0.256. The predicted molar refractivity (Wildman–Crippen MR) is 137 cm³/mol. The number of benzene rings is 3. The molecule has 0 spiro atoms. The van der Waals surface area contributed by atoms with E-state index < -0.39 is 0 Å².